The number of piperazine rings is 1. The molecule has 1 N–H and O–H groups in total. The molecule has 3 saturated heterocycles. The van der Waals surface area contributed by atoms with Gasteiger partial charge in [-0.1, -0.05) is 19.8 Å². The SMILES string of the molecule is CCCC1CN(C2CC3CCCC(C2)N3C)CCN1. The molecule has 3 aliphatic rings. The maximum atomic E-state index is 3.70. The van der Waals surface area contributed by atoms with E-state index < -0.39 is 0 Å². The van der Waals surface area contributed by atoms with Gasteiger partial charge in [0, 0.05) is 43.8 Å². The van der Waals surface area contributed by atoms with Gasteiger partial charge in [0.05, 0.1) is 0 Å². The van der Waals surface area contributed by atoms with Gasteiger partial charge in [-0.25, -0.2) is 0 Å². The fourth-order valence-corrected chi connectivity index (χ4v) is 4.61. The summed E-state index contributed by atoms with van der Waals surface area (Å²) in [6.45, 7) is 6.07. The van der Waals surface area contributed by atoms with Gasteiger partial charge in [-0.15, -0.1) is 0 Å². The average Bonchev–Trinajstić information content (AvgIpc) is 2.39. The highest BCUT2D eigenvalue weighted by Crippen LogP contribution is 2.35. The van der Waals surface area contributed by atoms with Crippen LogP contribution in [0.4, 0.5) is 0 Å². The van der Waals surface area contributed by atoms with E-state index in [1.54, 1.807) is 0 Å². The molecular weight excluding hydrogens is 234 g/mol. The first-order valence-corrected chi connectivity index (χ1v) is 8.47. The summed E-state index contributed by atoms with van der Waals surface area (Å²) in [6.07, 6.45) is 9.84. The summed E-state index contributed by atoms with van der Waals surface area (Å²) in [6, 6.07) is 3.36. The zero-order valence-corrected chi connectivity index (χ0v) is 12.8. The quantitative estimate of drug-likeness (QED) is 0.843. The zero-order valence-electron chi connectivity index (χ0n) is 12.8. The predicted molar refractivity (Wildman–Crippen MR) is 80.5 cm³/mol. The van der Waals surface area contributed by atoms with Crippen LogP contribution in [0, 0.1) is 0 Å². The van der Waals surface area contributed by atoms with Crippen molar-refractivity contribution in [2.75, 3.05) is 26.7 Å². The van der Waals surface area contributed by atoms with E-state index in [9.17, 15) is 0 Å². The summed E-state index contributed by atoms with van der Waals surface area (Å²) >= 11 is 0. The Kier molecular flexibility index (Phi) is 4.45. The first kappa shape index (κ1) is 13.8. The van der Waals surface area contributed by atoms with Gasteiger partial charge in [-0.05, 0) is 39.2 Å². The van der Waals surface area contributed by atoms with Crippen molar-refractivity contribution in [1.82, 2.24) is 15.1 Å². The van der Waals surface area contributed by atoms with E-state index in [0.717, 1.165) is 24.2 Å². The van der Waals surface area contributed by atoms with Gasteiger partial charge in [0.1, 0.15) is 0 Å². The maximum Gasteiger partial charge on any atom is 0.0195 e. The van der Waals surface area contributed by atoms with E-state index in [1.165, 1.54) is 64.6 Å². The molecule has 3 aliphatic heterocycles. The van der Waals surface area contributed by atoms with Gasteiger partial charge in [0.15, 0.2) is 0 Å². The first-order valence-electron chi connectivity index (χ1n) is 8.47. The van der Waals surface area contributed by atoms with Crippen LogP contribution in [0.5, 0.6) is 0 Å². The summed E-state index contributed by atoms with van der Waals surface area (Å²) in [5.41, 5.74) is 0. The van der Waals surface area contributed by atoms with Gasteiger partial charge in [-0.2, -0.15) is 0 Å². The lowest BCUT2D eigenvalue weighted by Gasteiger charge is -2.51. The molecule has 0 aromatic heterocycles. The summed E-state index contributed by atoms with van der Waals surface area (Å²) in [4.78, 5) is 5.50. The standard InChI is InChI=1S/C16H31N3/c1-3-5-13-12-19(9-8-17-13)16-10-14-6-4-7-15(11-16)18(14)2/h13-17H,3-12H2,1-2H3. The first-order chi connectivity index (χ1) is 9.28. The van der Waals surface area contributed by atoms with E-state index in [2.05, 4.69) is 29.1 Å². The molecule has 0 spiro atoms. The average molecular weight is 265 g/mol. The highest BCUT2D eigenvalue weighted by atomic mass is 15.3. The van der Waals surface area contributed by atoms with Crippen molar-refractivity contribution in [2.24, 2.45) is 0 Å². The minimum Gasteiger partial charge on any atom is -0.311 e. The van der Waals surface area contributed by atoms with E-state index in [-0.39, 0.29) is 0 Å². The molecule has 110 valence electrons. The van der Waals surface area contributed by atoms with Crippen LogP contribution in [-0.2, 0) is 0 Å². The molecule has 3 atom stereocenters. The van der Waals surface area contributed by atoms with Crippen LogP contribution in [0.25, 0.3) is 0 Å². The van der Waals surface area contributed by atoms with Crippen molar-refractivity contribution in [3.8, 4) is 0 Å². The summed E-state index contributed by atoms with van der Waals surface area (Å²) < 4.78 is 0. The van der Waals surface area contributed by atoms with Crippen LogP contribution < -0.4 is 5.32 Å². The molecule has 0 radical (unpaired) electrons. The van der Waals surface area contributed by atoms with Crippen LogP contribution in [0.3, 0.4) is 0 Å². The topological polar surface area (TPSA) is 18.5 Å². The number of hydrogen-bond donors (Lipinski definition) is 1. The highest BCUT2D eigenvalue weighted by Gasteiger charge is 2.38. The Morgan fingerprint density at radius 2 is 1.84 bits per heavy atom. The summed E-state index contributed by atoms with van der Waals surface area (Å²) in [5.74, 6) is 0. The molecule has 0 saturated carbocycles. The Hall–Kier alpha value is -0.120. The van der Waals surface area contributed by atoms with Gasteiger partial charge in [-0.3, -0.25) is 4.90 Å². The number of rotatable bonds is 3. The highest BCUT2D eigenvalue weighted by molar-refractivity contribution is 4.96. The van der Waals surface area contributed by atoms with Crippen LogP contribution in [0.2, 0.25) is 0 Å². The molecule has 3 heterocycles. The third-order valence-corrected chi connectivity index (χ3v) is 5.76. The van der Waals surface area contributed by atoms with Gasteiger partial charge < -0.3 is 10.2 Å². The lowest BCUT2D eigenvalue weighted by atomic mass is 9.81. The molecule has 0 aromatic carbocycles. The Bertz CT molecular complexity index is 278. The molecule has 0 aliphatic carbocycles. The number of nitrogens with one attached hydrogen (secondary N) is 1. The summed E-state index contributed by atoms with van der Waals surface area (Å²) in [7, 11) is 2.36. The van der Waals surface area contributed by atoms with E-state index >= 15 is 0 Å². The molecule has 0 aromatic rings. The third-order valence-electron chi connectivity index (χ3n) is 5.76. The predicted octanol–water partition coefficient (Wildman–Crippen LogP) is 2.08. The van der Waals surface area contributed by atoms with Crippen LogP contribution >= 0.6 is 0 Å². The molecule has 3 unspecified atom stereocenters. The lowest BCUT2D eigenvalue weighted by Crippen LogP contribution is -2.60. The van der Waals surface area contributed by atoms with Crippen molar-refractivity contribution in [3.05, 3.63) is 0 Å². The number of hydrogen-bond acceptors (Lipinski definition) is 3. The second-order valence-corrected chi connectivity index (χ2v) is 6.96. The van der Waals surface area contributed by atoms with E-state index in [4.69, 9.17) is 0 Å². The van der Waals surface area contributed by atoms with Gasteiger partial charge in [0.25, 0.3) is 0 Å². The van der Waals surface area contributed by atoms with Crippen molar-refractivity contribution in [1.29, 1.82) is 0 Å². The third kappa shape index (κ3) is 2.98. The Morgan fingerprint density at radius 3 is 2.53 bits per heavy atom. The normalized spacial score (nSPS) is 41.4. The van der Waals surface area contributed by atoms with Crippen molar-refractivity contribution in [3.63, 3.8) is 0 Å². The molecule has 0 amide bonds. The molecule has 2 bridgehead atoms. The van der Waals surface area contributed by atoms with Gasteiger partial charge in [0.2, 0.25) is 0 Å². The number of nitrogens with zero attached hydrogens (tertiary/aromatic N) is 2. The molecule has 3 rings (SSSR count). The largest absolute Gasteiger partial charge is 0.311 e. The number of fused-ring (bicyclic) bond motifs is 2. The van der Waals surface area contributed by atoms with Crippen LogP contribution in [0.15, 0.2) is 0 Å². The molecule has 3 nitrogen and oxygen atoms in total. The second kappa shape index (κ2) is 6.11. The van der Waals surface area contributed by atoms with E-state index in [0.29, 0.717) is 0 Å². The lowest BCUT2D eigenvalue weighted by molar-refractivity contribution is 0.0000948. The summed E-state index contributed by atoms with van der Waals surface area (Å²) in [5, 5.41) is 3.70. The monoisotopic (exact) mass is 265 g/mol. The molecular formula is C16H31N3. The van der Waals surface area contributed by atoms with E-state index in [1.807, 2.05) is 0 Å². The van der Waals surface area contributed by atoms with Crippen LogP contribution in [-0.4, -0.2) is 60.6 Å². The van der Waals surface area contributed by atoms with Crippen molar-refractivity contribution >= 4 is 0 Å². The minimum absolute atomic E-state index is 0.748. The Balaban J connectivity index is 1.60. The molecule has 3 heteroatoms. The maximum absolute atomic E-state index is 3.70. The Morgan fingerprint density at radius 1 is 1.11 bits per heavy atom. The van der Waals surface area contributed by atoms with Crippen LogP contribution in [0.1, 0.15) is 51.9 Å². The van der Waals surface area contributed by atoms with Crippen molar-refractivity contribution < 1.29 is 0 Å². The Labute approximate surface area is 118 Å². The zero-order chi connectivity index (χ0) is 13.2. The molecule has 19 heavy (non-hydrogen) atoms. The number of piperidine rings is 2. The molecule has 3 fully saturated rings. The fraction of sp³-hybridized carbons (Fsp3) is 1.00. The smallest absolute Gasteiger partial charge is 0.0195 e. The van der Waals surface area contributed by atoms with Gasteiger partial charge >= 0.3 is 0 Å². The minimum atomic E-state index is 0.748. The second-order valence-electron chi connectivity index (χ2n) is 6.96. The fourth-order valence-electron chi connectivity index (χ4n) is 4.61. The van der Waals surface area contributed by atoms with Crippen molar-refractivity contribution in [2.45, 2.75) is 76.0 Å².